The predicted molar refractivity (Wildman–Crippen MR) is 149 cm³/mol. The number of nitrogens with zero attached hydrogens (tertiary/aromatic N) is 3. The highest BCUT2D eigenvalue weighted by molar-refractivity contribution is 5.69. The molecule has 0 aromatic carbocycles. The van der Waals surface area contributed by atoms with E-state index in [4.69, 9.17) is 4.74 Å². The van der Waals surface area contributed by atoms with Gasteiger partial charge in [0.15, 0.2) is 5.65 Å². The fraction of sp³-hybridized carbons (Fsp3) is 0.593. The lowest BCUT2D eigenvalue weighted by Crippen LogP contribution is -2.40. The quantitative estimate of drug-likeness (QED) is 0.262. The van der Waals surface area contributed by atoms with E-state index < -0.39 is 0 Å². The van der Waals surface area contributed by atoms with Crippen LogP contribution in [0.2, 0.25) is 0 Å². The summed E-state index contributed by atoms with van der Waals surface area (Å²) in [5.41, 5.74) is 1.63. The highest BCUT2D eigenvalue weighted by Crippen LogP contribution is 2.09. The van der Waals surface area contributed by atoms with Gasteiger partial charge in [-0.05, 0) is 44.8 Å². The first-order chi connectivity index (χ1) is 16.3. The number of H-pyrrole nitrogens is 1. The minimum atomic E-state index is -0.263. The van der Waals surface area contributed by atoms with E-state index in [2.05, 4.69) is 56.9 Å². The Kier molecular flexibility index (Phi) is 19.2. The van der Waals surface area contributed by atoms with Crippen LogP contribution in [0, 0.1) is 0 Å². The van der Waals surface area contributed by atoms with Crippen LogP contribution >= 0.6 is 0 Å². The van der Waals surface area contributed by atoms with Crippen LogP contribution in [0.3, 0.4) is 0 Å². The smallest absolute Gasteiger partial charge is 0.332 e. The standard InChI is InChI=1S/C13H20N4O2.C9H16O.C3H8.C2H4.H2/c1-4-7-16-11-10(14-9(6-3)15-11)12(18)17(8-5-2)13(16)19;1-5-7-8(3)9(6-2)10-4;1-3-2;1-2;/h4-8H2,1-3H3,(H,14,15);6-7H,5H2,1-4H3;3H2,1-2H3;1-2H2;1H/b;8-7-,9-6+;;;. The molecule has 0 aliphatic heterocycles. The molecule has 0 saturated carbocycles. The second-order valence-corrected chi connectivity index (χ2v) is 7.49. The first-order valence-corrected chi connectivity index (χ1v) is 12.4. The molecule has 196 valence electrons. The molecule has 2 rings (SSSR count). The molecule has 0 fully saturated rings. The number of methoxy groups -OCH3 is 1. The number of aromatic amines is 1. The minimum absolute atomic E-state index is 0. The highest BCUT2D eigenvalue weighted by atomic mass is 16.5. The number of aryl methyl sites for hydroxylation is 2. The summed E-state index contributed by atoms with van der Waals surface area (Å²) < 4.78 is 8.01. The van der Waals surface area contributed by atoms with Gasteiger partial charge in [0.2, 0.25) is 0 Å². The third kappa shape index (κ3) is 9.98. The molecular formula is C27H50N4O3. The Hall–Kier alpha value is -2.83. The molecule has 1 N–H and O–H groups in total. The normalized spacial score (nSPS) is 11.0. The van der Waals surface area contributed by atoms with Crippen LogP contribution in [0.5, 0.6) is 0 Å². The first-order valence-electron chi connectivity index (χ1n) is 12.4. The number of hydrogen-bond donors (Lipinski definition) is 1. The average Bonchev–Trinajstić information content (AvgIpc) is 3.27. The minimum Gasteiger partial charge on any atom is -0.497 e. The molecule has 2 aromatic heterocycles. The fourth-order valence-electron chi connectivity index (χ4n) is 3.14. The molecule has 0 amide bonds. The van der Waals surface area contributed by atoms with Gasteiger partial charge in [-0.1, -0.05) is 54.0 Å². The number of fused-ring (bicyclic) bond motifs is 1. The molecule has 34 heavy (non-hydrogen) atoms. The number of imidazole rings is 1. The largest absolute Gasteiger partial charge is 0.497 e. The number of nitrogens with one attached hydrogen (secondary N) is 1. The molecule has 0 atom stereocenters. The third-order valence-electron chi connectivity index (χ3n) is 4.52. The average molecular weight is 479 g/mol. The van der Waals surface area contributed by atoms with Crippen LogP contribution in [0.1, 0.15) is 88.3 Å². The number of ether oxygens (including phenoxy) is 1. The zero-order valence-corrected chi connectivity index (χ0v) is 23.1. The van der Waals surface area contributed by atoms with Gasteiger partial charge in [0.25, 0.3) is 5.56 Å². The van der Waals surface area contributed by atoms with Crippen molar-refractivity contribution >= 4 is 11.2 Å². The lowest BCUT2D eigenvalue weighted by molar-refractivity contribution is 0.300. The lowest BCUT2D eigenvalue weighted by atomic mass is 10.2. The van der Waals surface area contributed by atoms with E-state index in [1.165, 1.54) is 16.6 Å². The molecule has 0 unspecified atom stereocenters. The molecule has 7 nitrogen and oxygen atoms in total. The Bertz CT molecular complexity index is 1000. The molecule has 0 saturated heterocycles. The molecule has 0 aliphatic carbocycles. The molecule has 0 aliphatic rings. The summed E-state index contributed by atoms with van der Waals surface area (Å²) in [7, 11) is 1.70. The van der Waals surface area contributed by atoms with E-state index in [1.807, 2.05) is 33.8 Å². The predicted octanol–water partition coefficient (Wildman–Crippen LogP) is 6.63. The topological polar surface area (TPSA) is 81.9 Å². The van der Waals surface area contributed by atoms with Gasteiger partial charge in [0, 0.05) is 20.9 Å². The second-order valence-electron chi connectivity index (χ2n) is 7.49. The van der Waals surface area contributed by atoms with Crippen molar-refractivity contribution in [1.29, 1.82) is 0 Å². The van der Waals surface area contributed by atoms with Crippen LogP contribution in [-0.2, 0) is 24.2 Å². The number of rotatable bonds is 8. The molecule has 7 heteroatoms. The van der Waals surface area contributed by atoms with Crippen molar-refractivity contribution in [2.75, 3.05) is 7.11 Å². The summed E-state index contributed by atoms with van der Waals surface area (Å²) in [6.07, 6.45) is 8.73. The van der Waals surface area contributed by atoms with Crippen molar-refractivity contribution in [3.05, 3.63) is 63.3 Å². The summed E-state index contributed by atoms with van der Waals surface area (Å²) in [5.74, 6) is 1.72. The summed E-state index contributed by atoms with van der Waals surface area (Å²) in [6.45, 7) is 23.3. The molecule has 0 bridgehead atoms. The van der Waals surface area contributed by atoms with E-state index in [9.17, 15) is 9.59 Å². The molecule has 2 heterocycles. The van der Waals surface area contributed by atoms with Gasteiger partial charge < -0.3 is 9.72 Å². The Balaban J connectivity index is -0.000000545. The molecule has 2 aromatic rings. The van der Waals surface area contributed by atoms with Gasteiger partial charge in [-0.15, -0.1) is 13.2 Å². The third-order valence-corrected chi connectivity index (χ3v) is 4.52. The Morgan fingerprint density at radius 2 is 1.59 bits per heavy atom. The monoisotopic (exact) mass is 478 g/mol. The van der Waals surface area contributed by atoms with Crippen LogP contribution in [-0.4, -0.2) is 26.2 Å². The van der Waals surface area contributed by atoms with Crippen LogP contribution in [0.25, 0.3) is 11.2 Å². The van der Waals surface area contributed by atoms with Gasteiger partial charge in [-0.2, -0.15) is 0 Å². The van der Waals surface area contributed by atoms with E-state index in [-0.39, 0.29) is 12.7 Å². The molecule has 0 radical (unpaired) electrons. The zero-order chi connectivity index (χ0) is 26.7. The maximum Gasteiger partial charge on any atom is 0.332 e. The van der Waals surface area contributed by atoms with Crippen molar-refractivity contribution < 1.29 is 6.16 Å². The highest BCUT2D eigenvalue weighted by Gasteiger charge is 2.15. The summed E-state index contributed by atoms with van der Waals surface area (Å²) >= 11 is 0. The van der Waals surface area contributed by atoms with E-state index >= 15 is 0 Å². The van der Waals surface area contributed by atoms with Gasteiger partial charge in [-0.25, -0.2) is 9.78 Å². The maximum atomic E-state index is 12.4. The van der Waals surface area contributed by atoms with Gasteiger partial charge in [-0.3, -0.25) is 13.9 Å². The van der Waals surface area contributed by atoms with Crippen molar-refractivity contribution in [2.24, 2.45) is 0 Å². The Morgan fingerprint density at radius 1 is 1.06 bits per heavy atom. The number of hydrogen-bond acceptors (Lipinski definition) is 4. The van der Waals surface area contributed by atoms with Crippen LogP contribution in [0.4, 0.5) is 0 Å². The van der Waals surface area contributed by atoms with Crippen molar-refractivity contribution in [2.45, 2.75) is 101 Å². The van der Waals surface area contributed by atoms with E-state index in [0.29, 0.717) is 30.7 Å². The van der Waals surface area contributed by atoms with Gasteiger partial charge >= 0.3 is 5.69 Å². The van der Waals surface area contributed by atoms with Crippen LogP contribution < -0.4 is 11.2 Å². The van der Waals surface area contributed by atoms with Crippen LogP contribution in [0.15, 0.2) is 46.2 Å². The zero-order valence-electron chi connectivity index (χ0n) is 23.1. The SMILES string of the molecule is C/C=C(OC)\C(C)=C/CC.C=C.CCC.CCCn1c(=O)c2[nH]c(CC)nc2n(CCC)c1=O.[HH]. The van der Waals surface area contributed by atoms with Gasteiger partial charge in [0.05, 0.1) is 7.11 Å². The summed E-state index contributed by atoms with van der Waals surface area (Å²) in [6, 6.07) is 0. The number of aromatic nitrogens is 4. The maximum absolute atomic E-state index is 12.4. The van der Waals surface area contributed by atoms with Crippen molar-refractivity contribution in [3.8, 4) is 0 Å². The lowest BCUT2D eigenvalue weighted by Gasteiger charge is -2.09. The first kappa shape index (κ1) is 33.3. The van der Waals surface area contributed by atoms with Crippen molar-refractivity contribution in [3.63, 3.8) is 0 Å². The van der Waals surface area contributed by atoms with Crippen molar-refractivity contribution in [1.82, 2.24) is 19.1 Å². The van der Waals surface area contributed by atoms with E-state index in [0.717, 1.165) is 30.8 Å². The van der Waals surface area contributed by atoms with E-state index in [1.54, 1.807) is 11.7 Å². The molecular weight excluding hydrogens is 428 g/mol. The Morgan fingerprint density at radius 3 is 2.00 bits per heavy atom. The summed E-state index contributed by atoms with van der Waals surface area (Å²) in [4.78, 5) is 32.1. The number of allylic oxidation sites excluding steroid dienone is 3. The van der Waals surface area contributed by atoms with Gasteiger partial charge in [0.1, 0.15) is 17.1 Å². The summed E-state index contributed by atoms with van der Waals surface area (Å²) in [5, 5.41) is 0. The second kappa shape index (κ2) is 19.6. The Labute approximate surface area is 207 Å². The molecule has 0 spiro atoms. The fourth-order valence-corrected chi connectivity index (χ4v) is 3.14.